The van der Waals surface area contributed by atoms with Gasteiger partial charge in [-0.05, 0) is 29.7 Å². The van der Waals surface area contributed by atoms with Gasteiger partial charge >= 0.3 is 6.16 Å². The number of fused-ring (bicyclic) bond motifs is 4. The highest BCUT2D eigenvalue weighted by atomic mass is 32.2. The minimum absolute atomic E-state index is 0.0455. The van der Waals surface area contributed by atoms with Crippen molar-refractivity contribution < 1.29 is 37.3 Å². The first-order valence-electron chi connectivity index (χ1n) is 12.6. The molecular formula is C29H27F2N3O7S. The van der Waals surface area contributed by atoms with Crippen molar-refractivity contribution in [2.75, 3.05) is 39.1 Å². The van der Waals surface area contributed by atoms with Gasteiger partial charge in [0.2, 0.25) is 18.0 Å². The molecule has 42 heavy (non-hydrogen) atoms. The van der Waals surface area contributed by atoms with E-state index in [1.165, 1.54) is 28.6 Å². The van der Waals surface area contributed by atoms with Crippen LogP contribution in [0, 0.1) is 24.5 Å². The van der Waals surface area contributed by atoms with Crippen LogP contribution in [0.5, 0.6) is 5.75 Å². The summed E-state index contributed by atoms with van der Waals surface area (Å²) in [5, 5.41) is 0. The highest BCUT2D eigenvalue weighted by molar-refractivity contribution is 7.98. The van der Waals surface area contributed by atoms with Gasteiger partial charge in [-0.2, -0.15) is 0 Å². The number of benzene rings is 2. The van der Waals surface area contributed by atoms with E-state index in [4.69, 9.17) is 9.47 Å². The minimum Gasteiger partial charge on any atom is -0.451 e. The Kier molecular flexibility index (Phi) is 10.1. The normalized spacial score (nSPS) is 16.2. The fourth-order valence-corrected chi connectivity index (χ4v) is 5.62. The number of rotatable bonds is 3. The molecular weight excluding hydrogens is 572 g/mol. The first kappa shape index (κ1) is 30.4. The molecule has 1 saturated heterocycles. The lowest BCUT2D eigenvalue weighted by Crippen LogP contribution is -2.59. The van der Waals surface area contributed by atoms with Crippen LogP contribution < -0.4 is 15.6 Å². The van der Waals surface area contributed by atoms with Gasteiger partial charge in [-0.1, -0.05) is 24.3 Å². The third-order valence-corrected chi connectivity index (χ3v) is 7.64. The van der Waals surface area contributed by atoms with E-state index in [0.717, 1.165) is 17.6 Å². The molecule has 0 aliphatic carbocycles. The van der Waals surface area contributed by atoms with E-state index in [2.05, 4.69) is 27.7 Å². The molecule has 1 aromatic heterocycles. The molecule has 10 nitrogen and oxygen atoms in total. The zero-order chi connectivity index (χ0) is 30.2. The van der Waals surface area contributed by atoms with Gasteiger partial charge < -0.3 is 29.3 Å². The quantitative estimate of drug-likeness (QED) is 0.274. The number of morpholine rings is 1. The number of hydrogen-bond acceptors (Lipinski definition) is 9. The molecule has 0 bridgehead atoms. The third-order valence-electron chi connectivity index (χ3n) is 6.50. The average Bonchev–Trinajstić information content (AvgIpc) is 3.21. The summed E-state index contributed by atoms with van der Waals surface area (Å²) in [4.78, 5) is 38.3. The van der Waals surface area contributed by atoms with E-state index < -0.39 is 30.0 Å². The third kappa shape index (κ3) is 6.50. The van der Waals surface area contributed by atoms with E-state index in [1.807, 2.05) is 24.3 Å². The number of methoxy groups -OCH3 is 1. The monoisotopic (exact) mass is 599 g/mol. The molecule has 2 aromatic carbocycles. The van der Waals surface area contributed by atoms with Crippen molar-refractivity contribution in [3.05, 3.63) is 92.9 Å². The van der Waals surface area contributed by atoms with Gasteiger partial charge in [-0.25, -0.2) is 13.6 Å². The summed E-state index contributed by atoms with van der Waals surface area (Å²) in [5.74, 6) is -1.50. The smallest absolute Gasteiger partial charge is 0.451 e. The Morgan fingerprint density at radius 2 is 1.93 bits per heavy atom. The summed E-state index contributed by atoms with van der Waals surface area (Å²) in [6, 6.07) is 12.2. The Labute approximate surface area is 244 Å². The summed E-state index contributed by atoms with van der Waals surface area (Å²) in [6.45, 7) is 0.623. The first-order valence-corrected chi connectivity index (χ1v) is 13.6. The van der Waals surface area contributed by atoms with Crippen molar-refractivity contribution >= 4 is 23.8 Å². The van der Waals surface area contributed by atoms with E-state index in [-0.39, 0.29) is 23.5 Å². The van der Waals surface area contributed by atoms with Crippen LogP contribution in [0.15, 0.2) is 58.4 Å². The van der Waals surface area contributed by atoms with Crippen LogP contribution in [-0.2, 0) is 26.4 Å². The predicted octanol–water partition coefficient (Wildman–Crippen LogP) is 3.73. The van der Waals surface area contributed by atoms with Crippen LogP contribution >= 0.6 is 11.8 Å². The fraction of sp³-hybridized carbons (Fsp3) is 0.276. The highest BCUT2D eigenvalue weighted by Crippen LogP contribution is 2.35. The van der Waals surface area contributed by atoms with Crippen LogP contribution in [0.2, 0.25) is 0 Å². The maximum atomic E-state index is 13.7. The lowest BCUT2D eigenvalue weighted by Gasteiger charge is -2.41. The number of carbonyl (C=O) groups is 2. The molecule has 3 aromatic rings. The number of ether oxygens (including phenoxy) is 4. The lowest BCUT2D eigenvalue weighted by molar-refractivity contribution is -0.00495. The lowest BCUT2D eigenvalue weighted by atomic mass is 10.0. The second-order valence-corrected chi connectivity index (χ2v) is 9.90. The average molecular weight is 600 g/mol. The Morgan fingerprint density at radius 1 is 1.14 bits per heavy atom. The largest absolute Gasteiger partial charge is 0.510 e. The fourth-order valence-electron chi connectivity index (χ4n) is 4.51. The first-order chi connectivity index (χ1) is 20.4. The summed E-state index contributed by atoms with van der Waals surface area (Å²) in [5.41, 5.74) is 5.18. The molecule has 4 heterocycles. The van der Waals surface area contributed by atoms with Crippen LogP contribution in [0.1, 0.15) is 27.2 Å². The summed E-state index contributed by atoms with van der Waals surface area (Å²) in [6.07, 6.45) is 8.85. The Hall–Kier alpha value is -4.54. The van der Waals surface area contributed by atoms with E-state index >= 15 is 0 Å². The van der Waals surface area contributed by atoms with Crippen molar-refractivity contribution in [1.29, 1.82) is 0 Å². The molecule has 1 fully saturated rings. The molecule has 0 spiro atoms. The molecule has 13 heteroatoms. The molecule has 0 saturated carbocycles. The van der Waals surface area contributed by atoms with Crippen molar-refractivity contribution in [2.45, 2.75) is 23.2 Å². The number of nitrogens with zero attached hydrogens (tertiary/aromatic N) is 2. The number of thioether (sulfide) groups is 1. The van der Waals surface area contributed by atoms with Crippen LogP contribution in [0.3, 0.4) is 0 Å². The van der Waals surface area contributed by atoms with Crippen LogP contribution in [0.4, 0.5) is 13.6 Å². The molecule has 220 valence electrons. The standard InChI is InChI=1S/C14H10F2S.C13H15N3O7.C2H2/c15-12-6-5-9-7-10-3-1-2-4-13(10)17-8-11(9)14(12)16;1-20-13(19)23-7-22-11-8(17)2-3-16-10(11)12(18)15-4-5-21-6-9(15)14-16;1-2/h1-6H,7-8H2;2-3,9,14H,4-7H2,1H3;1-2H/t;9-;/m.0./s1. The molecule has 0 radical (unpaired) electrons. The number of aromatic nitrogens is 1. The number of pyridine rings is 1. The van der Waals surface area contributed by atoms with Gasteiger partial charge in [0.25, 0.3) is 5.91 Å². The molecule has 1 atom stereocenters. The van der Waals surface area contributed by atoms with Crippen molar-refractivity contribution in [1.82, 2.24) is 9.58 Å². The molecule has 0 unspecified atom stereocenters. The topological polar surface area (TPSA) is 108 Å². The Bertz CT molecular complexity index is 1550. The second-order valence-electron chi connectivity index (χ2n) is 8.88. The van der Waals surface area contributed by atoms with Gasteiger partial charge in [0.1, 0.15) is 6.17 Å². The summed E-state index contributed by atoms with van der Waals surface area (Å²) < 4.78 is 47.7. The number of hydrogen-bond donors (Lipinski definition) is 1. The van der Waals surface area contributed by atoms with E-state index in [9.17, 15) is 23.2 Å². The van der Waals surface area contributed by atoms with Gasteiger partial charge in [-0.3, -0.25) is 14.3 Å². The predicted molar refractivity (Wildman–Crippen MR) is 150 cm³/mol. The van der Waals surface area contributed by atoms with Crippen molar-refractivity contribution in [3.8, 4) is 18.6 Å². The van der Waals surface area contributed by atoms with Gasteiger partial charge in [0, 0.05) is 35.0 Å². The molecule has 3 aliphatic heterocycles. The number of nitrogens with one attached hydrogen (secondary N) is 1. The SMILES string of the molecule is C#C.COC(=O)OCOc1c2n(ccc1=O)N[C@@H]1COCCN1C2=O.Fc1ccc2c(c1F)CSc1ccccc1C2. The van der Waals surface area contributed by atoms with Gasteiger partial charge in [0.05, 0.1) is 20.3 Å². The Morgan fingerprint density at radius 3 is 2.71 bits per heavy atom. The molecule has 6 rings (SSSR count). The van der Waals surface area contributed by atoms with Crippen LogP contribution in [0.25, 0.3) is 0 Å². The number of amides is 1. The van der Waals surface area contributed by atoms with Crippen LogP contribution in [-0.4, -0.2) is 61.5 Å². The highest BCUT2D eigenvalue weighted by Gasteiger charge is 2.37. The number of carbonyl (C=O) groups excluding carboxylic acids is 2. The molecule has 3 aliphatic rings. The maximum Gasteiger partial charge on any atom is 0.510 e. The number of terminal acetylenes is 1. The Balaban J connectivity index is 0.000000189. The summed E-state index contributed by atoms with van der Waals surface area (Å²) in [7, 11) is 1.15. The zero-order valence-corrected chi connectivity index (χ0v) is 23.3. The summed E-state index contributed by atoms with van der Waals surface area (Å²) >= 11 is 1.57. The second kappa shape index (κ2) is 13.9. The minimum atomic E-state index is -0.951. The molecule has 1 N–H and O–H groups in total. The molecule has 1 amide bonds. The van der Waals surface area contributed by atoms with Crippen molar-refractivity contribution in [2.24, 2.45) is 0 Å². The van der Waals surface area contributed by atoms with Crippen molar-refractivity contribution in [3.63, 3.8) is 0 Å². The maximum absolute atomic E-state index is 13.7. The van der Waals surface area contributed by atoms with Gasteiger partial charge in [0.15, 0.2) is 17.3 Å². The van der Waals surface area contributed by atoms with E-state index in [0.29, 0.717) is 37.5 Å². The zero-order valence-electron chi connectivity index (χ0n) is 22.5. The van der Waals surface area contributed by atoms with Gasteiger partial charge in [-0.15, -0.1) is 24.6 Å². The van der Waals surface area contributed by atoms with E-state index in [1.54, 1.807) is 22.7 Å². The number of halogens is 2.